The van der Waals surface area contributed by atoms with Gasteiger partial charge in [0.1, 0.15) is 0 Å². The molecule has 1 N–H and O–H groups in total. The fourth-order valence-corrected chi connectivity index (χ4v) is 2.32. The van der Waals surface area contributed by atoms with Crippen molar-refractivity contribution in [3.05, 3.63) is 0 Å². The molecule has 1 aliphatic rings. The van der Waals surface area contributed by atoms with Crippen molar-refractivity contribution in [2.45, 2.75) is 59.0 Å². The highest BCUT2D eigenvalue weighted by atomic mass is 16.6. The van der Waals surface area contributed by atoms with Crippen LogP contribution < -0.4 is 5.32 Å². The summed E-state index contributed by atoms with van der Waals surface area (Å²) in [4.78, 5) is 14.0. The topological polar surface area (TPSA) is 41.6 Å². The van der Waals surface area contributed by atoms with E-state index in [0.717, 1.165) is 32.4 Å². The lowest BCUT2D eigenvalue weighted by Crippen LogP contribution is -2.57. The molecule has 106 valence electrons. The van der Waals surface area contributed by atoms with Crippen molar-refractivity contribution in [2.75, 3.05) is 19.7 Å². The zero-order valence-electron chi connectivity index (χ0n) is 12.2. The third-order valence-electron chi connectivity index (χ3n) is 3.31. The Morgan fingerprint density at radius 3 is 2.83 bits per heavy atom. The number of nitrogens with zero attached hydrogens (tertiary/aromatic N) is 1. The lowest BCUT2D eigenvalue weighted by Gasteiger charge is -2.39. The lowest BCUT2D eigenvalue weighted by molar-refractivity contribution is 0.0633. The van der Waals surface area contributed by atoms with Crippen LogP contribution in [0.3, 0.4) is 0 Å². The van der Waals surface area contributed by atoms with Crippen LogP contribution in [0.15, 0.2) is 0 Å². The summed E-state index contributed by atoms with van der Waals surface area (Å²) in [5.74, 6) is 0.594. The summed E-state index contributed by atoms with van der Waals surface area (Å²) < 4.78 is 5.34. The highest BCUT2D eigenvalue weighted by Crippen LogP contribution is 2.16. The summed E-state index contributed by atoms with van der Waals surface area (Å²) in [7, 11) is 0. The minimum atomic E-state index is -0.137. The normalized spacial score (nSPS) is 24.4. The number of rotatable bonds is 5. The van der Waals surface area contributed by atoms with Crippen LogP contribution in [-0.4, -0.2) is 42.8 Å². The first-order chi connectivity index (χ1) is 8.54. The van der Waals surface area contributed by atoms with Crippen LogP contribution in [0.1, 0.15) is 47.0 Å². The monoisotopic (exact) mass is 256 g/mol. The molecule has 1 heterocycles. The molecule has 1 saturated heterocycles. The minimum absolute atomic E-state index is 0.137. The molecule has 0 bridgehead atoms. The van der Waals surface area contributed by atoms with Gasteiger partial charge in [0.15, 0.2) is 0 Å². The maximum atomic E-state index is 12.1. The van der Waals surface area contributed by atoms with E-state index in [-0.39, 0.29) is 12.1 Å². The molecule has 4 heteroatoms. The highest BCUT2D eigenvalue weighted by Gasteiger charge is 2.30. The number of hydrogen-bond acceptors (Lipinski definition) is 3. The molecule has 0 aromatic rings. The van der Waals surface area contributed by atoms with Gasteiger partial charge in [0.2, 0.25) is 0 Å². The number of carbonyl (C=O) groups is 1. The zero-order valence-corrected chi connectivity index (χ0v) is 12.2. The molecule has 1 amide bonds. The molecule has 0 aliphatic carbocycles. The zero-order chi connectivity index (χ0) is 13.5. The maximum Gasteiger partial charge on any atom is 0.410 e. The first kappa shape index (κ1) is 15.3. The molecule has 18 heavy (non-hydrogen) atoms. The Bertz CT molecular complexity index is 256. The molecule has 0 spiro atoms. The van der Waals surface area contributed by atoms with E-state index in [1.165, 1.54) is 0 Å². The van der Waals surface area contributed by atoms with Crippen LogP contribution in [0.2, 0.25) is 0 Å². The first-order valence-corrected chi connectivity index (χ1v) is 7.21. The average molecular weight is 256 g/mol. The van der Waals surface area contributed by atoms with Crippen molar-refractivity contribution in [3.63, 3.8) is 0 Å². The number of unbranched alkanes of at least 4 members (excludes halogenated alkanes) is 1. The Labute approximate surface area is 111 Å². The van der Waals surface area contributed by atoms with Crippen molar-refractivity contribution in [2.24, 2.45) is 5.92 Å². The van der Waals surface area contributed by atoms with Gasteiger partial charge in [0, 0.05) is 25.2 Å². The van der Waals surface area contributed by atoms with E-state index in [1.54, 1.807) is 0 Å². The lowest BCUT2D eigenvalue weighted by atomic mass is 10.00. The molecule has 2 unspecified atom stereocenters. The standard InChI is InChI=1S/C14H28N2O2/c1-5-6-7-18-14(17)16-10-12(4)15-9-13(16)8-11(2)3/h11-13,15H,5-10H2,1-4H3. The smallest absolute Gasteiger partial charge is 0.410 e. The van der Waals surface area contributed by atoms with Crippen LogP contribution >= 0.6 is 0 Å². The van der Waals surface area contributed by atoms with Gasteiger partial charge in [-0.3, -0.25) is 0 Å². The fraction of sp³-hybridized carbons (Fsp3) is 0.929. The Balaban J connectivity index is 2.52. The fourth-order valence-electron chi connectivity index (χ4n) is 2.32. The minimum Gasteiger partial charge on any atom is -0.449 e. The van der Waals surface area contributed by atoms with Gasteiger partial charge in [0.25, 0.3) is 0 Å². The van der Waals surface area contributed by atoms with Crippen LogP contribution in [0.5, 0.6) is 0 Å². The first-order valence-electron chi connectivity index (χ1n) is 7.21. The van der Waals surface area contributed by atoms with Gasteiger partial charge >= 0.3 is 6.09 Å². The van der Waals surface area contributed by atoms with Gasteiger partial charge in [-0.25, -0.2) is 4.79 Å². The van der Waals surface area contributed by atoms with E-state index in [9.17, 15) is 4.79 Å². The van der Waals surface area contributed by atoms with Gasteiger partial charge in [-0.2, -0.15) is 0 Å². The summed E-state index contributed by atoms with van der Waals surface area (Å²) >= 11 is 0. The molecule has 2 atom stereocenters. The molecule has 0 radical (unpaired) electrons. The Morgan fingerprint density at radius 1 is 1.50 bits per heavy atom. The van der Waals surface area contributed by atoms with Gasteiger partial charge in [-0.1, -0.05) is 27.2 Å². The SMILES string of the molecule is CCCCOC(=O)N1CC(C)NCC1CC(C)C. The third kappa shape index (κ3) is 4.84. The molecule has 0 saturated carbocycles. The Kier molecular flexibility index (Phi) is 6.47. The van der Waals surface area contributed by atoms with E-state index in [1.807, 2.05) is 4.90 Å². The molecule has 0 aromatic heterocycles. The van der Waals surface area contributed by atoms with E-state index < -0.39 is 0 Å². The van der Waals surface area contributed by atoms with Crippen LogP contribution in [-0.2, 0) is 4.74 Å². The number of hydrogen-bond donors (Lipinski definition) is 1. The molecule has 1 fully saturated rings. The molecule has 4 nitrogen and oxygen atoms in total. The van der Waals surface area contributed by atoms with E-state index in [4.69, 9.17) is 4.74 Å². The predicted molar refractivity (Wildman–Crippen MR) is 73.7 cm³/mol. The maximum absolute atomic E-state index is 12.1. The summed E-state index contributed by atoms with van der Waals surface area (Å²) in [6, 6.07) is 0.627. The molecule has 0 aromatic carbocycles. The van der Waals surface area contributed by atoms with Gasteiger partial charge in [-0.15, -0.1) is 0 Å². The molecular weight excluding hydrogens is 228 g/mol. The Morgan fingerprint density at radius 2 is 2.22 bits per heavy atom. The van der Waals surface area contributed by atoms with Crippen molar-refractivity contribution in [1.29, 1.82) is 0 Å². The van der Waals surface area contributed by atoms with Gasteiger partial charge in [-0.05, 0) is 25.7 Å². The second kappa shape index (κ2) is 7.62. The van der Waals surface area contributed by atoms with Crippen molar-refractivity contribution < 1.29 is 9.53 Å². The highest BCUT2D eigenvalue weighted by molar-refractivity contribution is 5.68. The van der Waals surface area contributed by atoms with E-state index >= 15 is 0 Å². The number of ether oxygens (including phenoxy) is 1. The van der Waals surface area contributed by atoms with Gasteiger partial charge in [0.05, 0.1) is 6.61 Å². The molecular formula is C14H28N2O2. The number of carbonyl (C=O) groups excluding carboxylic acids is 1. The van der Waals surface area contributed by atoms with Crippen LogP contribution in [0, 0.1) is 5.92 Å². The van der Waals surface area contributed by atoms with Crippen molar-refractivity contribution in [3.8, 4) is 0 Å². The van der Waals surface area contributed by atoms with Crippen LogP contribution in [0.4, 0.5) is 4.79 Å². The average Bonchev–Trinajstić information content (AvgIpc) is 2.31. The summed E-state index contributed by atoms with van der Waals surface area (Å²) in [6.07, 6.45) is 2.90. The summed E-state index contributed by atoms with van der Waals surface area (Å²) in [5, 5.41) is 3.44. The third-order valence-corrected chi connectivity index (χ3v) is 3.31. The van der Waals surface area contributed by atoms with E-state index in [2.05, 4.69) is 33.0 Å². The Hall–Kier alpha value is -0.770. The second-order valence-corrected chi connectivity index (χ2v) is 5.71. The molecule has 1 aliphatic heterocycles. The predicted octanol–water partition coefficient (Wildman–Crippen LogP) is 2.63. The quantitative estimate of drug-likeness (QED) is 0.769. The summed E-state index contributed by atoms with van der Waals surface area (Å²) in [6.45, 7) is 10.8. The number of amides is 1. The van der Waals surface area contributed by atoms with Crippen molar-refractivity contribution in [1.82, 2.24) is 10.2 Å². The number of piperazine rings is 1. The number of nitrogens with one attached hydrogen (secondary N) is 1. The van der Waals surface area contributed by atoms with Crippen LogP contribution in [0.25, 0.3) is 0 Å². The van der Waals surface area contributed by atoms with E-state index in [0.29, 0.717) is 18.6 Å². The van der Waals surface area contributed by atoms with Gasteiger partial charge < -0.3 is 15.0 Å². The largest absolute Gasteiger partial charge is 0.449 e. The molecule has 1 rings (SSSR count). The van der Waals surface area contributed by atoms with Crippen molar-refractivity contribution >= 4 is 6.09 Å². The second-order valence-electron chi connectivity index (χ2n) is 5.71. The summed E-state index contributed by atoms with van der Waals surface area (Å²) in [5.41, 5.74) is 0.